The van der Waals surface area contributed by atoms with Crippen molar-refractivity contribution in [3.05, 3.63) is 155 Å². The molecule has 4 aromatic rings. The lowest BCUT2D eigenvalue weighted by molar-refractivity contribution is -0.136. The first-order chi connectivity index (χ1) is 19.6. The van der Waals surface area contributed by atoms with Crippen LogP contribution in [0.2, 0.25) is 0 Å². The molecule has 5 rings (SSSR count). The van der Waals surface area contributed by atoms with E-state index in [9.17, 15) is 5.11 Å². The van der Waals surface area contributed by atoms with Gasteiger partial charge >= 0.3 is 7.12 Å². The topological polar surface area (TPSA) is 57.2 Å². The van der Waals surface area contributed by atoms with Gasteiger partial charge in [-0.3, -0.25) is 0 Å². The molecule has 5 nitrogen and oxygen atoms in total. The quantitative estimate of drug-likeness (QED) is 0.256. The summed E-state index contributed by atoms with van der Waals surface area (Å²) in [6, 6.07) is 40.4. The van der Waals surface area contributed by atoms with Crippen LogP contribution in [0.25, 0.3) is 0 Å². The van der Waals surface area contributed by atoms with Gasteiger partial charge in [0.05, 0.1) is 6.61 Å². The third-order valence-corrected chi connectivity index (χ3v) is 7.76. The molecule has 1 N–H and O–H groups in total. The van der Waals surface area contributed by atoms with Crippen LogP contribution in [-0.2, 0) is 30.0 Å². The van der Waals surface area contributed by atoms with Gasteiger partial charge in [-0.15, -0.1) is 0 Å². The van der Waals surface area contributed by atoms with Gasteiger partial charge in [0.1, 0.15) is 23.4 Å². The fourth-order valence-electron chi connectivity index (χ4n) is 5.88. The van der Waals surface area contributed by atoms with Crippen molar-refractivity contribution in [1.29, 1.82) is 0 Å². The summed E-state index contributed by atoms with van der Waals surface area (Å²) >= 11 is 0. The van der Waals surface area contributed by atoms with Crippen LogP contribution in [0.4, 0.5) is 0 Å². The maximum absolute atomic E-state index is 9.82. The Morgan fingerprint density at radius 2 is 0.950 bits per heavy atom. The number of hydrogen-bond donors (Lipinski definition) is 1. The number of rotatable bonds is 10. The van der Waals surface area contributed by atoms with Crippen LogP contribution in [-0.4, -0.2) is 45.3 Å². The minimum Gasteiger partial charge on any atom is -0.398 e. The van der Waals surface area contributed by atoms with Crippen molar-refractivity contribution in [2.24, 2.45) is 0 Å². The first-order valence-corrected chi connectivity index (χ1v) is 13.5. The Morgan fingerprint density at radius 1 is 0.650 bits per heavy atom. The summed E-state index contributed by atoms with van der Waals surface area (Å²) in [5.74, 6) is 1.82. The van der Waals surface area contributed by atoms with Crippen LogP contribution in [0.1, 0.15) is 29.2 Å². The highest BCUT2D eigenvalue weighted by Crippen LogP contribution is 2.50. The van der Waals surface area contributed by atoms with Crippen molar-refractivity contribution in [2.75, 3.05) is 20.8 Å². The lowest BCUT2D eigenvalue weighted by Crippen LogP contribution is -2.56. The number of benzene rings is 4. The molecule has 6 heteroatoms. The van der Waals surface area contributed by atoms with E-state index in [2.05, 4.69) is 48.5 Å². The lowest BCUT2D eigenvalue weighted by atomic mass is 9.71. The summed E-state index contributed by atoms with van der Waals surface area (Å²) in [5, 5.41) is 9.82. The Kier molecular flexibility index (Phi) is 8.65. The van der Waals surface area contributed by atoms with Crippen LogP contribution in [0, 0.1) is 0 Å². The molecule has 0 unspecified atom stereocenters. The van der Waals surface area contributed by atoms with Gasteiger partial charge in [0.15, 0.2) is 0 Å². The fraction of sp³-hybridized carbons (Fsp3) is 0.235. The average Bonchev–Trinajstić information content (AvgIpc) is 3.44. The van der Waals surface area contributed by atoms with E-state index in [0.29, 0.717) is 0 Å². The molecule has 1 fully saturated rings. The minimum absolute atomic E-state index is 0.0991. The second-order valence-electron chi connectivity index (χ2n) is 10.00. The van der Waals surface area contributed by atoms with E-state index in [4.69, 9.17) is 18.8 Å². The van der Waals surface area contributed by atoms with Crippen molar-refractivity contribution in [1.82, 2.24) is 0 Å². The standard InChI is InChI=1S/C34H35BO5/c1-26(25-36)24-35-39-31(33(37-2,27-16-8-4-9-17-27)28-18-10-5-11-19-28)32(40-35)34(38-3,29-20-12-6-13-21-29)30-22-14-7-15-23-30/h4-24,31-32,36H,25H2,1-3H3/b26-24+/t31-,32-/m1/s1. The molecule has 0 bridgehead atoms. The van der Waals surface area contributed by atoms with Gasteiger partial charge in [-0.05, 0) is 29.2 Å². The molecule has 0 amide bonds. The second-order valence-corrected chi connectivity index (χ2v) is 10.00. The molecule has 40 heavy (non-hydrogen) atoms. The van der Waals surface area contributed by atoms with E-state index in [-0.39, 0.29) is 6.61 Å². The van der Waals surface area contributed by atoms with E-state index in [1.54, 1.807) is 14.2 Å². The van der Waals surface area contributed by atoms with Gasteiger partial charge in [-0.25, -0.2) is 0 Å². The molecule has 2 atom stereocenters. The number of hydrogen-bond acceptors (Lipinski definition) is 5. The van der Waals surface area contributed by atoms with E-state index in [1.807, 2.05) is 85.7 Å². The van der Waals surface area contributed by atoms with Crippen LogP contribution in [0.15, 0.2) is 133 Å². The van der Waals surface area contributed by atoms with Gasteiger partial charge in [0, 0.05) is 14.2 Å². The van der Waals surface area contributed by atoms with Gasteiger partial charge in [0.25, 0.3) is 0 Å². The van der Waals surface area contributed by atoms with Crippen molar-refractivity contribution < 1.29 is 23.9 Å². The molecule has 204 valence electrons. The Bertz CT molecular complexity index is 1200. The molecule has 0 aliphatic carbocycles. The van der Waals surface area contributed by atoms with Crippen molar-refractivity contribution in [3.8, 4) is 0 Å². The average molecular weight is 534 g/mol. The molecule has 1 aliphatic rings. The van der Waals surface area contributed by atoms with Gasteiger partial charge in [0.2, 0.25) is 0 Å². The molecule has 0 aromatic heterocycles. The number of aliphatic hydroxyl groups is 1. The Balaban J connectivity index is 1.81. The minimum atomic E-state index is -1.06. The second kappa shape index (κ2) is 12.3. The summed E-state index contributed by atoms with van der Waals surface area (Å²) in [6.45, 7) is 1.75. The third kappa shape index (κ3) is 4.94. The molecule has 0 radical (unpaired) electrons. The molecule has 4 aromatic carbocycles. The summed E-state index contributed by atoms with van der Waals surface area (Å²) < 4.78 is 26.9. The molecule has 0 saturated carbocycles. The van der Waals surface area contributed by atoms with E-state index < -0.39 is 30.5 Å². The Morgan fingerprint density at radius 3 is 1.20 bits per heavy atom. The predicted molar refractivity (Wildman–Crippen MR) is 158 cm³/mol. The molecule has 1 heterocycles. The van der Waals surface area contributed by atoms with E-state index in [1.165, 1.54) is 0 Å². The highest BCUT2D eigenvalue weighted by molar-refractivity contribution is 6.51. The van der Waals surface area contributed by atoms with E-state index >= 15 is 0 Å². The van der Waals surface area contributed by atoms with Crippen molar-refractivity contribution in [2.45, 2.75) is 30.3 Å². The fourth-order valence-corrected chi connectivity index (χ4v) is 5.88. The molecule has 1 aliphatic heterocycles. The normalized spacial score (nSPS) is 18.2. The first kappa shape index (κ1) is 28.0. The molecular weight excluding hydrogens is 499 g/mol. The van der Waals surface area contributed by atoms with Crippen LogP contribution in [0.3, 0.4) is 0 Å². The largest absolute Gasteiger partial charge is 0.487 e. The number of ether oxygens (including phenoxy) is 2. The summed E-state index contributed by atoms with van der Waals surface area (Å²) in [7, 11) is 2.68. The SMILES string of the molecule is COC(c1ccccc1)(c1ccccc1)[C@@H]1OB(/C=C(\C)CO)O[C@H]1C(OC)(c1ccccc1)c1ccccc1. The number of methoxy groups -OCH3 is 2. The van der Waals surface area contributed by atoms with Crippen molar-refractivity contribution in [3.63, 3.8) is 0 Å². The molecule has 0 spiro atoms. The zero-order chi connectivity index (χ0) is 28.0. The summed E-state index contributed by atoms with van der Waals surface area (Å²) in [5.41, 5.74) is 2.34. The van der Waals surface area contributed by atoms with Crippen LogP contribution in [0.5, 0.6) is 0 Å². The number of aliphatic hydroxyl groups excluding tert-OH is 1. The van der Waals surface area contributed by atoms with Crippen LogP contribution >= 0.6 is 0 Å². The molecule has 1 saturated heterocycles. The van der Waals surface area contributed by atoms with Crippen LogP contribution < -0.4 is 0 Å². The highest BCUT2D eigenvalue weighted by atomic mass is 16.7. The first-order valence-electron chi connectivity index (χ1n) is 13.5. The lowest BCUT2D eigenvalue weighted by Gasteiger charge is -2.46. The third-order valence-electron chi connectivity index (χ3n) is 7.76. The van der Waals surface area contributed by atoms with Gasteiger partial charge < -0.3 is 23.9 Å². The molecular formula is C34H35BO5. The Hall–Kier alpha value is -3.52. The predicted octanol–water partition coefficient (Wildman–Crippen LogP) is 5.92. The summed E-state index contributed by atoms with van der Waals surface area (Å²) in [6.07, 6.45) is -1.34. The summed E-state index contributed by atoms with van der Waals surface area (Å²) in [4.78, 5) is 0. The van der Waals surface area contributed by atoms with Gasteiger partial charge in [-0.2, -0.15) is 0 Å². The highest BCUT2D eigenvalue weighted by Gasteiger charge is 2.61. The maximum Gasteiger partial charge on any atom is 0.487 e. The Labute approximate surface area is 237 Å². The smallest absolute Gasteiger partial charge is 0.398 e. The van der Waals surface area contributed by atoms with Gasteiger partial charge in [-0.1, -0.05) is 133 Å². The van der Waals surface area contributed by atoms with E-state index in [0.717, 1.165) is 27.8 Å². The zero-order valence-electron chi connectivity index (χ0n) is 23.1. The monoisotopic (exact) mass is 534 g/mol. The zero-order valence-corrected chi connectivity index (χ0v) is 23.1. The van der Waals surface area contributed by atoms with Crippen molar-refractivity contribution >= 4 is 7.12 Å². The maximum atomic E-state index is 9.82.